The van der Waals surface area contributed by atoms with Gasteiger partial charge >= 0.3 is 5.97 Å². The third kappa shape index (κ3) is 5.10. The maximum absolute atomic E-state index is 12.8. The Morgan fingerprint density at radius 2 is 1.67 bits per heavy atom. The summed E-state index contributed by atoms with van der Waals surface area (Å²) in [5, 5.41) is 0.905. The molecule has 3 aromatic carbocycles. The molecule has 0 aliphatic carbocycles. The first-order chi connectivity index (χ1) is 15.9. The van der Waals surface area contributed by atoms with Crippen LogP contribution in [0.1, 0.15) is 32.8 Å². The molecule has 0 saturated heterocycles. The summed E-state index contributed by atoms with van der Waals surface area (Å²) in [7, 11) is 1.84. The van der Waals surface area contributed by atoms with Gasteiger partial charge in [0.25, 0.3) is 0 Å². The first-order valence-corrected chi connectivity index (χ1v) is 10.5. The number of nitrogens with two attached hydrogens (primary N) is 2. The number of hydrogen-bond donors (Lipinski definition) is 2. The third-order valence-corrected chi connectivity index (χ3v) is 5.36. The minimum Gasteiger partial charge on any atom is -0.423 e. The molecule has 0 unspecified atom stereocenters. The largest absolute Gasteiger partial charge is 0.423 e. The first kappa shape index (κ1) is 21.8. The van der Waals surface area contributed by atoms with E-state index >= 15 is 0 Å². The Morgan fingerprint density at radius 3 is 2.36 bits per heavy atom. The lowest BCUT2D eigenvalue weighted by Gasteiger charge is -2.07. The van der Waals surface area contributed by atoms with Crippen molar-refractivity contribution in [1.29, 1.82) is 0 Å². The topological polar surface area (TPSA) is 113 Å². The van der Waals surface area contributed by atoms with E-state index in [-0.39, 0.29) is 11.7 Å². The molecule has 0 radical (unpaired) electrons. The number of ether oxygens (including phenoxy) is 1. The van der Waals surface area contributed by atoms with Gasteiger partial charge in [0, 0.05) is 24.9 Å². The van der Waals surface area contributed by atoms with Gasteiger partial charge in [-0.2, -0.15) is 0 Å². The molecule has 0 spiro atoms. The number of aromatic nitrogens is 1. The van der Waals surface area contributed by atoms with Gasteiger partial charge in [-0.15, -0.1) is 0 Å². The number of fused-ring (bicyclic) bond motifs is 1. The van der Waals surface area contributed by atoms with Crippen LogP contribution in [0.15, 0.2) is 83.9 Å². The van der Waals surface area contributed by atoms with Crippen LogP contribution in [0, 0.1) is 0 Å². The van der Waals surface area contributed by atoms with Gasteiger partial charge in [-0.25, -0.2) is 9.79 Å². The van der Waals surface area contributed by atoms with Crippen molar-refractivity contribution in [3.05, 3.63) is 95.7 Å². The molecule has 0 bridgehead atoms. The standard InChI is InChI=1S/C26H24N4O3/c1-30-22-16-21(33-25(32)18-8-11-20(12-9-18)29-26(27)28)13-10-19(22)15-23(30)24(31)14-7-17-5-3-2-4-6-17/h2-6,8-13,15-16H,7,14H2,1H3,(H4,27,28,29). The minimum absolute atomic E-state index is 0.0564. The summed E-state index contributed by atoms with van der Waals surface area (Å²) in [6.45, 7) is 0. The summed E-state index contributed by atoms with van der Waals surface area (Å²) in [4.78, 5) is 29.3. The zero-order valence-corrected chi connectivity index (χ0v) is 18.2. The van der Waals surface area contributed by atoms with E-state index in [9.17, 15) is 9.59 Å². The van der Waals surface area contributed by atoms with Crippen molar-refractivity contribution in [3.63, 3.8) is 0 Å². The Kier molecular flexibility index (Phi) is 6.22. The van der Waals surface area contributed by atoms with Crippen LogP contribution in [0.4, 0.5) is 5.69 Å². The molecule has 4 aromatic rings. The van der Waals surface area contributed by atoms with E-state index in [0.717, 1.165) is 16.5 Å². The number of esters is 1. The maximum Gasteiger partial charge on any atom is 0.343 e. The van der Waals surface area contributed by atoms with Crippen molar-refractivity contribution in [1.82, 2.24) is 4.57 Å². The second-order valence-electron chi connectivity index (χ2n) is 7.69. The molecule has 0 fully saturated rings. The number of aryl methyl sites for hydroxylation is 2. The fraction of sp³-hybridized carbons (Fsp3) is 0.115. The van der Waals surface area contributed by atoms with Gasteiger partial charge in [-0.3, -0.25) is 4.79 Å². The number of Topliss-reactive ketones (excluding diaryl/α,β-unsaturated/α-hetero) is 1. The molecule has 0 amide bonds. The number of carbonyl (C=O) groups excluding carboxylic acids is 2. The number of ketones is 1. The molecule has 33 heavy (non-hydrogen) atoms. The highest BCUT2D eigenvalue weighted by atomic mass is 16.5. The number of nitrogens with zero attached hydrogens (tertiary/aromatic N) is 2. The summed E-state index contributed by atoms with van der Waals surface area (Å²) in [6.07, 6.45) is 1.11. The Labute approximate surface area is 191 Å². The molecule has 166 valence electrons. The number of hydrogen-bond acceptors (Lipinski definition) is 4. The zero-order chi connectivity index (χ0) is 23.4. The SMILES string of the molecule is Cn1c(C(=O)CCc2ccccc2)cc2ccc(OC(=O)c3ccc(N=C(N)N)cc3)cc21. The van der Waals surface area contributed by atoms with Crippen molar-refractivity contribution in [3.8, 4) is 5.75 Å². The van der Waals surface area contributed by atoms with Gasteiger partial charge in [0.2, 0.25) is 0 Å². The molecule has 4 rings (SSSR count). The predicted molar refractivity (Wildman–Crippen MR) is 129 cm³/mol. The average molecular weight is 441 g/mol. The zero-order valence-electron chi connectivity index (χ0n) is 18.2. The Hall–Kier alpha value is -4.39. The molecule has 0 atom stereocenters. The lowest BCUT2D eigenvalue weighted by molar-refractivity contribution is 0.0734. The minimum atomic E-state index is -0.501. The molecule has 7 nitrogen and oxygen atoms in total. The predicted octanol–water partition coefficient (Wildman–Crippen LogP) is 4.12. The van der Waals surface area contributed by atoms with Gasteiger partial charge in [-0.1, -0.05) is 30.3 Å². The monoisotopic (exact) mass is 440 g/mol. The smallest absolute Gasteiger partial charge is 0.343 e. The van der Waals surface area contributed by atoms with E-state index in [4.69, 9.17) is 16.2 Å². The van der Waals surface area contributed by atoms with E-state index < -0.39 is 5.97 Å². The molecule has 1 aromatic heterocycles. The number of guanidine groups is 1. The van der Waals surface area contributed by atoms with Crippen LogP contribution < -0.4 is 16.2 Å². The number of carbonyl (C=O) groups is 2. The summed E-state index contributed by atoms with van der Waals surface area (Å²) >= 11 is 0. The molecule has 0 aliphatic heterocycles. The van der Waals surface area contributed by atoms with Gasteiger partial charge in [0.15, 0.2) is 11.7 Å². The lowest BCUT2D eigenvalue weighted by atomic mass is 10.1. The van der Waals surface area contributed by atoms with Crippen LogP contribution in [0.3, 0.4) is 0 Å². The number of aliphatic imine (C=N–C) groups is 1. The third-order valence-electron chi connectivity index (χ3n) is 5.36. The summed E-state index contributed by atoms with van der Waals surface area (Å²) in [6, 6.07) is 23.6. The van der Waals surface area contributed by atoms with Crippen LogP contribution in [0.25, 0.3) is 10.9 Å². The van der Waals surface area contributed by atoms with Crippen LogP contribution in [0.2, 0.25) is 0 Å². The number of benzene rings is 3. The molecule has 4 N–H and O–H groups in total. The average Bonchev–Trinajstić information content (AvgIpc) is 3.14. The molecule has 1 heterocycles. The van der Waals surface area contributed by atoms with Crippen molar-refractivity contribution < 1.29 is 14.3 Å². The van der Waals surface area contributed by atoms with E-state index in [2.05, 4.69) is 4.99 Å². The van der Waals surface area contributed by atoms with E-state index in [0.29, 0.717) is 35.5 Å². The van der Waals surface area contributed by atoms with Crippen molar-refractivity contribution in [2.24, 2.45) is 23.5 Å². The normalized spacial score (nSPS) is 10.7. The highest BCUT2D eigenvalue weighted by Crippen LogP contribution is 2.26. The Balaban J connectivity index is 1.48. The van der Waals surface area contributed by atoms with E-state index in [1.165, 1.54) is 0 Å². The van der Waals surface area contributed by atoms with Crippen molar-refractivity contribution in [2.45, 2.75) is 12.8 Å². The Bertz CT molecular complexity index is 1340. The second-order valence-corrected chi connectivity index (χ2v) is 7.69. The van der Waals surface area contributed by atoms with Gasteiger partial charge in [0.05, 0.1) is 22.5 Å². The van der Waals surface area contributed by atoms with Crippen LogP contribution in [-0.2, 0) is 13.5 Å². The fourth-order valence-electron chi connectivity index (χ4n) is 3.66. The fourth-order valence-corrected chi connectivity index (χ4v) is 3.66. The van der Waals surface area contributed by atoms with Crippen LogP contribution >= 0.6 is 0 Å². The summed E-state index contributed by atoms with van der Waals surface area (Å²) in [5.41, 5.74) is 14.2. The molecular formula is C26H24N4O3. The van der Waals surface area contributed by atoms with E-state index in [1.807, 2.05) is 54.1 Å². The highest BCUT2D eigenvalue weighted by Gasteiger charge is 2.15. The summed E-state index contributed by atoms with van der Waals surface area (Å²) < 4.78 is 7.37. The molecule has 0 saturated carbocycles. The second kappa shape index (κ2) is 9.40. The van der Waals surface area contributed by atoms with Crippen molar-refractivity contribution in [2.75, 3.05) is 0 Å². The molecule has 7 heteroatoms. The Morgan fingerprint density at radius 1 is 0.939 bits per heavy atom. The molecule has 0 aliphatic rings. The molecular weight excluding hydrogens is 416 g/mol. The summed E-state index contributed by atoms with van der Waals surface area (Å²) in [5.74, 6) is -0.0969. The van der Waals surface area contributed by atoms with Gasteiger partial charge in [-0.05, 0) is 54.4 Å². The quantitative estimate of drug-likeness (QED) is 0.148. The van der Waals surface area contributed by atoms with Crippen LogP contribution in [0.5, 0.6) is 5.75 Å². The van der Waals surface area contributed by atoms with Gasteiger partial charge < -0.3 is 20.8 Å². The lowest BCUT2D eigenvalue weighted by Crippen LogP contribution is -2.21. The first-order valence-electron chi connectivity index (χ1n) is 10.5. The van der Waals surface area contributed by atoms with Crippen molar-refractivity contribution >= 4 is 34.3 Å². The highest BCUT2D eigenvalue weighted by molar-refractivity contribution is 6.00. The van der Waals surface area contributed by atoms with Crippen LogP contribution in [-0.4, -0.2) is 22.3 Å². The maximum atomic E-state index is 12.8. The van der Waals surface area contributed by atoms with E-state index in [1.54, 1.807) is 36.4 Å². The van der Waals surface area contributed by atoms with Gasteiger partial charge in [0.1, 0.15) is 5.75 Å². The number of rotatable bonds is 7.